The molecule has 65 heavy (non-hydrogen) atoms. The van der Waals surface area contributed by atoms with Gasteiger partial charge in [0.05, 0.1) is 18.3 Å². The van der Waals surface area contributed by atoms with E-state index in [0.717, 1.165) is 24.8 Å². The number of hydrogen-bond donors (Lipinski definition) is 2. The Balaban J connectivity index is 1.70. The van der Waals surface area contributed by atoms with Gasteiger partial charge in [0, 0.05) is 58.5 Å². The summed E-state index contributed by atoms with van der Waals surface area (Å²) in [6.07, 6.45) is 13.6. The van der Waals surface area contributed by atoms with Crippen molar-refractivity contribution < 1.29 is 57.9 Å². The minimum absolute atomic E-state index is 0.0304. The molecule has 0 aromatic carbocycles. The van der Waals surface area contributed by atoms with E-state index in [1.54, 1.807) is 41.1 Å². The topological polar surface area (TPSA) is 175 Å². The van der Waals surface area contributed by atoms with Gasteiger partial charge in [-0.2, -0.15) is 0 Å². The Morgan fingerprint density at radius 2 is 1.57 bits per heavy atom. The number of allylic oxidation sites excluding steroid dienone is 6. The Kier molecular flexibility index (Phi) is 21.0. The lowest BCUT2D eigenvalue weighted by molar-refractivity contribution is -0.265. The van der Waals surface area contributed by atoms with Gasteiger partial charge in [-0.25, -0.2) is 4.79 Å². The molecule has 3 fully saturated rings. The van der Waals surface area contributed by atoms with E-state index in [4.69, 9.17) is 23.7 Å². The highest BCUT2D eigenvalue weighted by Gasteiger charge is 2.53. The van der Waals surface area contributed by atoms with E-state index in [1.165, 1.54) is 12.0 Å². The number of carbonyl (C=O) groups is 5. The van der Waals surface area contributed by atoms with Crippen LogP contribution in [-0.2, 0) is 47.7 Å². The summed E-state index contributed by atoms with van der Waals surface area (Å²) in [7, 11) is 4.70. The van der Waals surface area contributed by atoms with Crippen molar-refractivity contribution >= 4 is 29.2 Å². The number of amides is 1. The molecule has 2 bridgehead atoms. The van der Waals surface area contributed by atoms with Crippen LogP contribution in [0.15, 0.2) is 47.6 Å². The van der Waals surface area contributed by atoms with Gasteiger partial charge in [0.25, 0.3) is 11.7 Å². The molecule has 366 valence electrons. The number of aliphatic hydroxyl groups is 2. The highest BCUT2D eigenvalue weighted by molar-refractivity contribution is 6.39. The van der Waals surface area contributed by atoms with Crippen LogP contribution in [0.1, 0.15) is 132 Å². The first-order chi connectivity index (χ1) is 30.7. The zero-order valence-electron chi connectivity index (χ0n) is 41.2. The Labute approximate surface area is 388 Å². The Morgan fingerprint density at radius 1 is 0.846 bits per heavy atom. The number of nitrogens with zero attached hydrogens (tertiary/aromatic N) is 1. The molecule has 0 aromatic rings. The number of ether oxygens (including phenoxy) is 5. The molecule has 2 N–H and O–H groups in total. The first-order valence-corrected chi connectivity index (χ1v) is 24.2. The van der Waals surface area contributed by atoms with Gasteiger partial charge in [0.15, 0.2) is 5.78 Å². The fraction of sp³-hybridized carbons (Fsp3) is 0.750. The lowest BCUT2D eigenvalue weighted by Gasteiger charge is -2.42. The molecule has 13 nitrogen and oxygen atoms in total. The van der Waals surface area contributed by atoms with Crippen molar-refractivity contribution in [2.75, 3.05) is 27.9 Å². The number of rotatable bonds is 6. The van der Waals surface area contributed by atoms with Gasteiger partial charge in [-0.3, -0.25) is 19.2 Å². The molecular weight excluding hydrogens is 831 g/mol. The summed E-state index contributed by atoms with van der Waals surface area (Å²) in [5.74, 6) is -7.07. The number of hydrogen-bond acceptors (Lipinski definition) is 12. The summed E-state index contributed by atoms with van der Waals surface area (Å²) in [5, 5.41) is 23.4. The van der Waals surface area contributed by atoms with Crippen LogP contribution in [0.25, 0.3) is 0 Å². The van der Waals surface area contributed by atoms with Crippen molar-refractivity contribution in [2.45, 2.75) is 181 Å². The molecule has 0 spiro atoms. The normalized spacial score (nSPS) is 39.1. The summed E-state index contributed by atoms with van der Waals surface area (Å²) >= 11 is 0. The number of Topliss-reactive ketones (excluding diaryl/α,β-unsaturated/α-hetero) is 3. The van der Waals surface area contributed by atoms with Crippen molar-refractivity contribution in [3.63, 3.8) is 0 Å². The van der Waals surface area contributed by atoms with E-state index >= 15 is 0 Å². The fourth-order valence-electron chi connectivity index (χ4n) is 10.4. The molecule has 2 saturated heterocycles. The summed E-state index contributed by atoms with van der Waals surface area (Å²) in [4.78, 5) is 71.9. The maximum Gasteiger partial charge on any atom is 0.329 e. The van der Waals surface area contributed by atoms with Crippen molar-refractivity contribution in [3.8, 4) is 0 Å². The van der Waals surface area contributed by atoms with Crippen LogP contribution in [-0.4, -0.2) is 121 Å². The van der Waals surface area contributed by atoms with Gasteiger partial charge in [-0.05, 0) is 113 Å². The van der Waals surface area contributed by atoms with E-state index < -0.39 is 77.8 Å². The fourth-order valence-corrected chi connectivity index (χ4v) is 10.4. The third-order valence-corrected chi connectivity index (χ3v) is 14.8. The van der Waals surface area contributed by atoms with Crippen molar-refractivity contribution in [3.05, 3.63) is 47.6 Å². The lowest BCUT2D eigenvalue weighted by Crippen LogP contribution is -2.61. The van der Waals surface area contributed by atoms with Crippen LogP contribution in [0.4, 0.5) is 0 Å². The summed E-state index contributed by atoms with van der Waals surface area (Å²) in [6.45, 7) is 15.1. The number of esters is 1. The highest BCUT2D eigenvalue weighted by atomic mass is 16.6. The zero-order chi connectivity index (χ0) is 48.2. The monoisotopic (exact) mass is 912 g/mol. The predicted molar refractivity (Wildman–Crippen MR) is 248 cm³/mol. The average molecular weight is 912 g/mol. The molecule has 4 rings (SSSR count). The first-order valence-electron chi connectivity index (χ1n) is 24.2. The van der Waals surface area contributed by atoms with Crippen LogP contribution in [0.2, 0.25) is 0 Å². The van der Waals surface area contributed by atoms with Crippen LogP contribution >= 0.6 is 0 Å². The van der Waals surface area contributed by atoms with Crippen LogP contribution < -0.4 is 0 Å². The molecule has 15 atom stereocenters. The minimum atomic E-state index is -2.41. The van der Waals surface area contributed by atoms with Crippen LogP contribution in [0.3, 0.4) is 0 Å². The van der Waals surface area contributed by atoms with E-state index in [1.807, 2.05) is 58.1 Å². The number of cyclic esters (lactones) is 1. The number of ketones is 3. The molecule has 1 saturated carbocycles. The molecule has 4 aliphatic rings. The molecule has 0 aromatic heterocycles. The van der Waals surface area contributed by atoms with E-state index in [0.29, 0.717) is 56.4 Å². The minimum Gasteiger partial charge on any atom is -0.460 e. The van der Waals surface area contributed by atoms with Gasteiger partial charge in [-0.1, -0.05) is 78.0 Å². The van der Waals surface area contributed by atoms with Gasteiger partial charge >= 0.3 is 5.97 Å². The average Bonchev–Trinajstić information content (AvgIpc) is 3.28. The molecule has 13 heteroatoms. The standard InChI is InChI=1S/C52H81NO12/c1-31-17-13-12-14-18-32(2)44(62-10)29-40-23-21-38(8)52(60,65-40)49(57)50(58)53-24-16-15-19-41(53)51(59)64-45(35(5)27-39-22-20-33(3)43(28-39)61-9)30-42(54)34(4)26-37(7)47(56)48(63-11)46(55)36(6)25-31/h12-14,17-18,26,31,33-36,38-41,43-45,47-48,56,60H,15-16,19-25,27-30H2,1-11H3/b14-12?,17-13+,32-18?,37-26+. The van der Waals surface area contributed by atoms with Crippen molar-refractivity contribution in [1.29, 1.82) is 0 Å². The predicted octanol–water partition coefficient (Wildman–Crippen LogP) is 7.46. The highest BCUT2D eigenvalue weighted by Crippen LogP contribution is 2.38. The molecule has 3 heterocycles. The molecule has 1 amide bonds. The van der Waals surface area contributed by atoms with Crippen molar-refractivity contribution in [2.24, 2.45) is 41.4 Å². The quantitative estimate of drug-likeness (QED) is 0.153. The number of carbonyl (C=O) groups excluding carboxylic acids is 5. The summed E-state index contributed by atoms with van der Waals surface area (Å²) < 4.78 is 29.7. The number of fused-ring (bicyclic) bond motifs is 3. The third-order valence-electron chi connectivity index (χ3n) is 14.8. The molecule has 3 aliphatic heterocycles. The second-order valence-corrected chi connectivity index (χ2v) is 20.0. The zero-order valence-corrected chi connectivity index (χ0v) is 41.2. The molecule has 1 aliphatic carbocycles. The summed E-state index contributed by atoms with van der Waals surface area (Å²) in [5.41, 5.74) is 1.30. The largest absolute Gasteiger partial charge is 0.460 e. The maximum atomic E-state index is 14.4. The number of piperidine rings is 1. The molecule has 0 radical (unpaired) electrons. The van der Waals surface area contributed by atoms with Gasteiger partial charge in [-0.15, -0.1) is 0 Å². The Hall–Kier alpha value is -3.33. The Bertz CT molecular complexity index is 1750. The lowest BCUT2D eigenvalue weighted by atomic mass is 9.76. The summed E-state index contributed by atoms with van der Waals surface area (Å²) in [6, 6.07) is -1.11. The van der Waals surface area contributed by atoms with Gasteiger partial charge in [0.2, 0.25) is 5.79 Å². The van der Waals surface area contributed by atoms with E-state index in [2.05, 4.69) is 6.92 Å². The second-order valence-electron chi connectivity index (χ2n) is 20.0. The number of methoxy groups -OCH3 is 3. The molecule has 15 unspecified atom stereocenters. The maximum absolute atomic E-state index is 14.4. The molecular formula is C52H81NO12. The smallest absolute Gasteiger partial charge is 0.329 e. The first kappa shape index (κ1) is 54.3. The van der Waals surface area contributed by atoms with Crippen molar-refractivity contribution in [1.82, 2.24) is 4.90 Å². The Morgan fingerprint density at radius 3 is 2.25 bits per heavy atom. The number of aliphatic hydroxyl groups excluding tert-OH is 1. The van der Waals surface area contributed by atoms with Crippen LogP contribution in [0, 0.1) is 41.4 Å². The van der Waals surface area contributed by atoms with Gasteiger partial charge < -0.3 is 38.8 Å². The SMILES string of the molecule is COC1CC2CCC(C)C(O)(O2)C(=O)C(=O)N2CCCCC2C(=O)OC(C(C)CC2CCC(C)C(OC)C2)CC(=O)C(C)/C=C(\C)C(O)C(OC)C(=O)C(C)CC(C)/C=C/C=CC=C1C. The van der Waals surface area contributed by atoms with Gasteiger partial charge in [0.1, 0.15) is 30.1 Å². The van der Waals surface area contributed by atoms with E-state index in [9.17, 15) is 34.2 Å². The second kappa shape index (κ2) is 25.2. The van der Waals surface area contributed by atoms with E-state index in [-0.39, 0.29) is 54.8 Å². The van der Waals surface area contributed by atoms with Crippen LogP contribution in [0.5, 0.6) is 0 Å². The third kappa shape index (κ3) is 14.3.